The molecular formula is C12H24N2O. The van der Waals surface area contributed by atoms with E-state index in [4.69, 9.17) is 0 Å². The highest BCUT2D eigenvalue weighted by Gasteiger charge is 2.33. The molecule has 1 heterocycles. The number of rotatable bonds is 3. The molecule has 0 aromatic rings. The Hall–Kier alpha value is -0.570. The van der Waals surface area contributed by atoms with E-state index in [2.05, 4.69) is 33.0 Å². The van der Waals surface area contributed by atoms with Gasteiger partial charge < -0.3 is 10.2 Å². The fourth-order valence-corrected chi connectivity index (χ4v) is 2.05. The SMILES string of the molecule is CC(C)C(C)N(C)C(=O)[C@@H]1CNC[C@H]1C. The Morgan fingerprint density at radius 2 is 1.93 bits per heavy atom. The summed E-state index contributed by atoms with van der Waals surface area (Å²) in [5, 5.41) is 3.28. The van der Waals surface area contributed by atoms with Crippen LogP contribution in [0.15, 0.2) is 0 Å². The summed E-state index contributed by atoms with van der Waals surface area (Å²) in [5.41, 5.74) is 0. The molecule has 88 valence electrons. The lowest BCUT2D eigenvalue weighted by atomic mass is 9.95. The largest absolute Gasteiger partial charge is 0.343 e. The van der Waals surface area contributed by atoms with Crippen LogP contribution in [0.3, 0.4) is 0 Å². The lowest BCUT2D eigenvalue weighted by Crippen LogP contribution is -2.43. The molecule has 0 bridgehead atoms. The topological polar surface area (TPSA) is 32.3 Å². The molecule has 0 saturated carbocycles. The molecule has 0 radical (unpaired) electrons. The minimum absolute atomic E-state index is 0.177. The zero-order chi connectivity index (χ0) is 11.6. The van der Waals surface area contributed by atoms with Crippen LogP contribution in [0.1, 0.15) is 27.7 Å². The second-order valence-electron chi connectivity index (χ2n) is 5.18. The van der Waals surface area contributed by atoms with Crippen molar-refractivity contribution >= 4 is 5.91 Å². The predicted molar refractivity (Wildman–Crippen MR) is 62.6 cm³/mol. The van der Waals surface area contributed by atoms with Gasteiger partial charge in [0.1, 0.15) is 0 Å². The first-order valence-corrected chi connectivity index (χ1v) is 5.92. The Morgan fingerprint density at radius 3 is 2.33 bits per heavy atom. The van der Waals surface area contributed by atoms with E-state index in [1.807, 2.05) is 11.9 Å². The summed E-state index contributed by atoms with van der Waals surface area (Å²) in [6, 6.07) is 0.324. The van der Waals surface area contributed by atoms with Crippen molar-refractivity contribution < 1.29 is 4.79 Å². The maximum Gasteiger partial charge on any atom is 0.227 e. The Bertz CT molecular complexity index is 228. The third kappa shape index (κ3) is 2.71. The van der Waals surface area contributed by atoms with Gasteiger partial charge in [-0.15, -0.1) is 0 Å². The third-order valence-corrected chi connectivity index (χ3v) is 3.76. The molecule has 15 heavy (non-hydrogen) atoms. The summed E-state index contributed by atoms with van der Waals surface area (Å²) in [4.78, 5) is 14.1. The van der Waals surface area contributed by atoms with Crippen molar-refractivity contribution in [3.05, 3.63) is 0 Å². The summed E-state index contributed by atoms with van der Waals surface area (Å²) in [6.45, 7) is 10.4. The van der Waals surface area contributed by atoms with Gasteiger partial charge in [-0.25, -0.2) is 0 Å². The van der Waals surface area contributed by atoms with E-state index >= 15 is 0 Å². The average Bonchev–Trinajstić information content (AvgIpc) is 2.60. The smallest absolute Gasteiger partial charge is 0.227 e. The predicted octanol–water partition coefficient (Wildman–Crippen LogP) is 1.34. The zero-order valence-corrected chi connectivity index (χ0v) is 10.6. The number of amides is 1. The molecular weight excluding hydrogens is 188 g/mol. The number of hydrogen-bond acceptors (Lipinski definition) is 2. The first kappa shape index (κ1) is 12.5. The molecule has 0 aliphatic carbocycles. The van der Waals surface area contributed by atoms with E-state index in [-0.39, 0.29) is 5.92 Å². The van der Waals surface area contributed by atoms with Gasteiger partial charge in [0.25, 0.3) is 0 Å². The fourth-order valence-electron chi connectivity index (χ4n) is 2.05. The van der Waals surface area contributed by atoms with E-state index in [1.54, 1.807) is 0 Å². The quantitative estimate of drug-likeness (QED) is 0.766. The molecule has 3 nitrogen and oxygen atoms in total. The maximum absolute atomic E-state index is 12.2. The van der Waals surface area contributed by atoms with Gasteiger partial charge in [0.2, 0.25) is 5.91 Å². The molecule has 1 amide bonds. The summed E-state index contributed by atoms with van der Waals surface area (Å²) < 4.78 is 0. The minimum atomic E-state index is 0.177. The second-order valence-corrected chi connectivity index (χ2v) is 5.18. The van der Waals surface area contributed by atoms with E-state index < -0.39 is 0 Å². The molecule has 1 rings (SSSR count). The van der Waals surface area contributed by atoms with Crippen LogP contribution in [-0.2, 0) is 4.79 Å². The van der Waals surface area contributed by atoms with Crippen molar-refractivity contribution in [2.45, 2.75) is 33.7 Å². The van der Waals surface area contributed by atoms with E-state index in [1.165, 1.54) is 0 Å². The Balaban J connectivity index is 2.59. The van der Waals surface area contributed by atoms with Crippen LogP contribution in [0, 0.1) is 17.8 Å². The number of nitrogens with zero attached hydrogens (tertiary/aromatic N) is 1. The standard InChI is InChI=1S/C12H24N2O/c1-8(2)10(4)14(5)12(15)11-7-13-6-9(11)3/h8-11,13H,6-7H2,1-5H3/t9-,10?,11-/m1/s1. The van der Waals surface area contributed by atoms with Gasteiger partial charge in [-0.2, -0.15) is 0 Å². The molecule has 1 aliphatic heterocycles. The van der Waals surface area contributed by atoms with Crippen LogP contribution in [0.2, 0.25) is 0 Å². The van der Waals surface area contributed by atoms with Crippen LogP contribution < -0.4 is 5.32 Å². The first-order chi connectivity index (χ1) is 6.95. The maximum atomic E-state index is 12.2. The van der Waals surface area contributed by atoms with Gasteiger partial charge >= 0.3 is 0 Å². The number of carbonyl (C=O) groups excluding carboxylic acids is 1. The van der Waals surface area contributed by atoms with E-state index in [0.29, 0.717) is 23.8 Å². The van der Waals surface area contributed by atoms with Gasteiger partial charge in [0.15, 0.2) is 0 Å². The molecule has 1 N–H and O–H groups in total. The number of hydrogen-bond donors (Lipinski definition) is 1. The molecule has 0 spiro atoms. The Morgan fingerprint density at radius 1 is 1.33 bits per heavy atom. The lowest BCUT2D eigenvalue weighted by molar-refractivity contribution is -0.137. The first-order valence-electron chi connectivity index (χ1n) is 5.92. The summed E-state index contributed by atoms with van der Waals surface area (Å²) in [7, 11) is 1.93. The van der Waals surface area contributed by atoms with Crippen molar-refractivity contribution in [3.8, 4) is 0 Å². The van der Waals surface area contributed by atoms with Gasteiger partial charge in [0.05, 0.1) is 5.92 Å². The van der Waals surface area contributed by atoms with Gasteiger partial charge in [0, 0.05) is 19.6 Å². The summed E-state index contributed by atoms with van der Waals surface area (Å²) >= 11 is 0. The van der Waals surface area contributed by atoms with Crippen LogP contribution in [0.5, 0.6) is 0 Å². The Labute approximate surface area is 93.2 Å². The number of nitrogens with one attached hydrogen (secondary N) is 1. The van der Waals surface area contributed by atoms with E-state index in [9.17, 15) is 4.79 Å². The minimum Gasteiger partial charge on any atom is -0.343 e. The highest BCUT2D eigenvalue weighted by Crippen LogP contribution is 2.20. The van der Waals surface area contributed by atoms with Crippen molar-refractivity contribution in [1.29, 1.82) is 0 Å². The third-order valence-electron chi connectivity index (χ3n) is 3.76. The van der Waals surface area contributed by atoms with Crippen molar-refractivity contribution in [2.75, 3.05) is 20.1 Å². The highest BCUT2D eigenvalue weighted by molar-refractivity contribution is 5.79. The van der Waals surface area contributed by atoms with Gasteiger partial charge in [-0.3, -0.25) is 4.79 Å². The molecule has 0 aromatic carbocycles. The molecule has 1 aliphatic rings. The van der Waals surface area contributed by atoms with Crippen LogP contribution in [0.4, 0.5) is 0 Å². The molecule has 3 heteroatoms. The van der Waals surface area contributed by atoms with Crippen molar-refractivity contribution in [2.24, 2.45) is 17.8 Å². The highest BCUT2D eigenvalue weighted by atomic mass is 16.2. The van der Waals surface area contributed by atoms with Crippen molar-refractivity contribution in [3.63, 3.8) is 0 Å². The van der Waals surface area contributed by atoms with Crippen LogP contribution in [0.25, 0.3) is 0 Å². The fraction of sp³-hybridized carbons (Fsp3) is 0.917. The van der Waals surface area contributed by atoms with Crippen molar-refractivity contribution in [1.82, 2.24) is 10.2 Å². The molecule has 3 atom stereocenters. The molecule has 0 aromatic heterocycles. The van der Waals surface area contributed by atoms with Crippen LogP contribution >= 0.6 is 0 Å². The number of carbonyl (C=O) groups is 1. The molecule has 1 saturated heterocycles. The normalized spacial score (nSPS) is 28.1. The second kappa shape index (κ2) is 4.97. The zero-order valence-electron chi connectivity index (χ0n) is 10.6. The average molecular weight is 212 g/mol. The lowest BCUT2D eigenvalue weighted by Gasteiger charge is -2.31. The summed E-state index contributed by atoms with van der Waals surface area (Å²) in [5.74, 6) is 1.47. The Kier molecular flexibility index (Phi) is 4.14. The van der Waals surface area contributed by atoms with Gasteiger partial charge in [-0.1, -0.05) is 20.8 Å². The summed E-state index contributed by atoms with van der Waals surface area (Å²) in [6.07, 6.45) is 0. The molecule has 1 fully saturated rings. The molecule has 1 unspecified atom stereocenters. The monoisotopic (exact) mass is 212 g/mol. The van der Waals surface area contributed by atoms with E-state index in [0.717, 1.165) is 13.1 Å². The van der Waals surface area contributed by atoms with Gasteiger partial charge in [-0.05, 0) is 25.3 Å². The van der Waals surface area contributed by atoms with Crippen LogP contribution in [-0.4, -0.2) is 37.0 Å².